The molecule has 0 unspecified atom stereocenters. The number of benzene rings is 1. The summed E-state index contributed by atoms with van der Waals surface area (Å²) in [7, 11) is -3.98. The van der Waals surface area contributed by atoms with Crippen LogP contribution in [0.25, 0.3) is 0 Å². The summed E-state index contributed by atoms with van der Waals surface area (Å²) in [6.07, 6.45) is 1.93. The fourth-order valence-corrected chi connectivity index (χ4v) is 3.30. The maximum Gasteiger partial charge on any atom is 0.245 e. The van der Waals surface area contributed by atoms with Gasteiger partial charge in [0.2, 0.25) is 10.0 Å². The highest BCUT2D eigenvalue weighted by atomic mass is 32.2. The Kier molecular flexibility index (Phi) is 4.82. The molecule has 0 atom stereocenters. The van der Waals surface area contributed by atoms with Crippen LogP contribution in [-0.4, -0.2) is 24.3 Å². The SMILES string of the molecule is CCN(Cc1ccc(F)c(F)c1)S(=O)(=O)c1cncc(F)c1. The monoisotopic (exact) mass is 330 g/mol. The molecule has 0 radical (unpaired) electrons. The summed E-state index contributed by atoms with van der Waals surface area (Å²) < 4.78 is 65.1. The Hall–Kier alpha value is -1.93. The van der Waals surface area contributed by atoms with Crippen molar-refractivity contribution in [2.75, 3.05) is 6.54 Å². The Morgan fingerprint density at radius 2 is 1.82 bits per heavy atom. The lowest BCUT2D eigenvalue weighted by molar-refractivity contribution is 0.420. The number of hydrogen-bond acceptors (Lipinski definition) is 3. The number of halogens is 3. The van der Waals surface area contributed by atoms with Crippen LogP contribution < -0.4 is 0 Å². The molecule has 22 heavy (non-hydrogen) atoms. The Morgan fingerprint density at radius 3 is 2.41 bits per heavy atom. The number of aromatic nitrogens is 1. The highest BCUT2D eigenvalue weighted by molar-refractivity contribution is 7.89. The van der Waals surface area contributed by atoms with Crippen molar-refractivity contribution in [2.45, 2.75) is 18.4 Å². The smallest absolute Gasteiger partial charge is 0.245 e. The fourth-order valence-electron chi connectivity index (χ4n) is 1.89. The fraction of sp³-hybridized carbons (Fsp3) is 0.214. The third kappa shape index (κ3) is 3.45. The second-order valence-electron chi connectivity index (χ2n) is 4.52. The Bertz CT molecular complexity index is 781. The summed E-state index contributed by atoms with van der Waals surface area (Å²) in [5, 5.41) is 0. The van der Waals surface area contributed by atoms with E-state index in [0.29, 0.717) is 0 Å². The lowest BCUT2D eigenvalue weighted by Crippen LogP contribution is -2.30. The van der Waals surface area contributed by atoms with Gasteiger partial charge in [-0.1, -0.05) is 13.0 Å². The van der Waals surface area contributed by atoms with E-state index < -0.39 is 27.5 Å². The van der Waals surface area contributed by atoms with E-state index in [1.54, 1.807) is 6.92 Å². The predicted octanol–water partition coefficient (Wildman–Crippen LogP) is 2.71. The van der Waals surface area contributed by atoms with Gasteiger partial charge in [-0.3, -0.25) is 4.98 Å². The molecule has 4 nitrogen and oxygen atoms in total. The average Bonchev–Trinajstić information content (AvgIpc) is 2.48. The van der Waals surface area contributed by atoms with Crippen LogP contribution in [0.2, 0.25) is 0 Å². The lowest BCUT2D eigenvalue weighted by Gasteiger charge is -2.20. The third-order valence-corrected chi connectivity index (χ3v) is 4.90. The number of sulfonamides is 1. The second-order valence-corrected chi connectivity index (χ2v) is 6.46. The molecule has 2 rings (SSSR count). The molecule has 0 saturated carbocycles. The van der Waals surface area contributed by atoms with Crippen molar-refractivity contribution in [1.82, 2.24) is 9.29 Å². The molecule has 0 spiro atoms. The molecule has 8 heteroatoms. The van der Waals surface area contributed by atoms with Crippen molar-refractivity contribution in [3.63, 3.8) is 0 Å². The summed E-state index contributed by atoms with van der Waals surface area (Å²) in [6, 6.07) is 4.00. The summed E-state index contributed by atoms with van der Waals surface area (Å²) in [4.78, 5) is 3.22. The maximum atomic E-state index is 13.2. The Morgan fingerprint density at radius 1 is 1.09 bits per heavy atom. The zero-order chi connectivity index (χ0) is 16.3. The Labute approximate surface area is 126 Å². The van der Waals surface area contributed by atoms with Gasteiger partial charge in [-0.2, -0.15) is 4.31 Å². The van der Waals surface area contributed by atoms with Gasteiger partial charge in [-0.15, -0.1) is 0 Å². The standard InChI is InChI=1S/C14H13F3N2O2S/c1-2-19(9-10-3-4-13(16)14(17)5-10)22(20,21)12-6-11(15)7-18-8-12/h3-8H,2,9H2,1H3. The van der Waals surface area contributed by atoms with Crippen molar-refractivity contribution in [2.24, 2.45) is 0 Å². The van der Waals surface area contributed by atoms with Gasteiger partial charge in [0, 0.05) is 19.3 Å². The lowest BCUT2D eigenvalue weighted by atomic mass is 10.2. The summed E-state index contributed by atoms with van der Waals surface area (Å²) >= 11 is 0. The molecule has 0 fully saturated rings. The molecule has 0 N–H and O–H groups in total. The minimum absolute atomic E-state index is 0.0812. The third-order valence-electron chi connectivity index (χ3n) is 3.01. The van der Waals surface area contributed by atoms with Crippen LogP contribution in [0.15, 0.2) is 41.6 Å². The van der Waals surface area contributed by atoms with E-state index in [1.165, 1.54) is 6.07 Å². The molecule has 1 aromatic heterocycles. The van der Waals surface area contributed by atoms with Gasteiger partial charge in [0.25, 0.3) is 0 Å². The normalized spacial score (nSPS) is 11.9. The number of rotatable bonds is 5. The van der Waals surface area contributed by atoms with Crippen molar-refractivity contribution >= 4 is 10.0 Å². The van der Waals surface area contributed by atoms with E-state index in [9.17, 15) is 21.6 Å². The molecule has 0 aliphatic heterocycles. The van der Waals surface area contributed by atoms with Crippen LogP contribution in [0.4, 0.5) is 13.2 Å². The molecule has 0 bridgehead atoms. The van der Waals surface area contributed by atoms with E-state index in [2.05, 4.69) is 4.98 Å². The van der Waals surface area contributed by atoms with Gasteiger partial charge in [0.15, 0.2) is 11.6 Å². The van der Waals surface area contributed by atoms with E-state index in [0.717, 1.165) is 34.9 Å². The van der Waals surface area contributed by atoms with Crippen molar-refractivity contribution < 1.29 is 21.6 Å². The van der Waals surface area contributed by atoms with Crippen LogP contribution in [0.1, 0.15) is 12.5 Å². The Balaban J connectivity index is 2.32. The van der Waals surface area contributed by atoms with Crippen molar-refractivity contribution in [3.8, 4) is 0 Å². The van der Waals surface area contributed by atoms with Crippen LogP contribution >= 0.6 is 0 Å². The quantitative estimate of drug-likeness (QED) is 0.847. The number of hydrogen-bond donors (Lipinski definition) is 0. The molecule has 1 aromatic carbocycles. The van der Waals surface area contributed by atoms with Gasteiger partial charge >= 0.3 is 0 Å². The largest absolute Gasteiger partial charge is 0.260 e. The summed E-state index contributed by atoms with van der Waals surface area (Å²) in [6.45, 7) is 1.51. The molecular weight excluding hydrogens is 317 g/mol. The zero-order valence-corrected chi connectivity index (χ0v) is 12.4. The summed E-state index contributed by atoms with van der Waals surface area (Å²) in [5.74, 6) is -2.84. The molecule has 0 amide bonds. The van der Waals surface area contributed by atoms with E-state index >= 15 is 0 Å². The first-order valence-electron chi connectivity index (χ1n) is 6.39. The van der Waals surface area contributed by atoms with Crippen molar-refractivity contribution in [1.29, 1.82) is 0 Å². The van der Waals surface area contributed by atoms with Crippen molar-refractivity contribution in [3.05, 3.63) is 59.7 Å². The predicted molar refractivity (Wildman–Crippen MR) is 73.8 cm³/mol. The number of pyridine rings is 1. The molecule has 0 saturated heterocycles. The van der Waals surface area contributed by atoms with Gasteiger partial charge in [0.05, 0.1) is 6.20 Å². The molecule has 2 aromatic rings. The molecule has 0 aliphatic carbocycles. The zero-order valence-electron chi connectivity index (χ0n) is 11.6. The minimum atomic E-state index is -3.98. The van der Waals surface area contributed by atoms with Crippen LogP contribution in [0.5, 0.6) is 0 Å². The highest BCUT2D eigenvalue weighted by Gasteiger charge is 2.24. The average molecular weight is 330 g/mol. The van der Waals surface area contributed by atoms with Gasteiger partial charge in [-0.25, -0.2) is 21.6 Å². The first-order chi connectivity index (χ1) is 10.3. The topological polar surface area (TPSA) is 50.3 Å². The first kappa shape index (κ1) is 16.4. The summed E-state index contributed by atoms with van der Waals surface area (Å²) in [5.41, 5.74) is 0.286. The molecule has 0 aliphatic rings. The van der Waals surface area contributed by atoms with Crippen LogP contribution in [0.3, 0.4) is 0 Å². The van der Waals surface area contributed by atoms with Gasteiger partial charge < -0.3 is 0 Å². The highest BCUT2D eigenvalue weighted by Crippen LogP contribution is 2.19. The maximum absolute atomic E-state index is 13.2. The van der Waals surface area contributed by atoms with E-state index in [-0.39, 0.29) is 23.5 Å². The van der Waals surface area contributed by atoms with Gasteiger partial charge in [-0.05, 0) is 23.8 Å². The van der Waals surface area contributed by atoms with Gasteiger partial charge in [0.1, 0.15) is 10.7 Å². The molecular formula is C14H13F3N2O2S. The van der Waals surface area contributed by atoms with E-state index in [4.69, 9.17) is 0 Å². The molecule has 118 valence electrons. The van der Waals surface area contributed by atoms with Crippen LogP contribution in [-0.2, 0) is 16.6 Å². The number of nitrogens with zero attached hydrogens (tertiary/aromatic N) is 2. The minimum Gasteiger partial charge on any atom is -0.260 e. The molecule has 1 heterocycles. The van der Waals surface area contributed by atoms with E-state index in [1.807, 2.05) is 0 Å². The second kappa shape index (κ2) is 6.45. The van der Waals surface area contributed by atoms with Crippen LogP contribution in [0, 0.1) is 17.5 Å². The first-order valence-corrected chi connectivity index (χ1v) is 7.83.